The molecule has 1 saturated heterocycles. The smallest absolute Gasteiger partial charge is 0.0876 e. The summed E-state index contributed by atoms with van der Waals surface area (Å²) in [5, 5.41) is 0. The van der Waals surface area contributed by atoms with Crippen molar-refractivity contribution in [3.8, 4) is 0 Å². The second-order valence-electron chi connectivity index (χ2n) is 5.97. The van der Waals surface area contributed by atoms with Crippen LogP contribution in [0, 0.1) is 0 Å². The first kappa shape index (κ1) is 16.8. The Morgan fingerprint density at radius 1 is 0.737 bits per heavy atom. The van der Waals surface area contributed by atoms with E-state index in [0.29, 0.717) is 12.2 Å². The summed E-state index contributed by atoms with van der Waals surface area (Å²) in [5.74, 6) is 0. The minimum absolute atomic E-state index is 0.554. The van der Waals surface area contributed by atoms with E-state index in [-0.39, 0.29) is 0 Å². The fourth-order valence-electron chi connectivity index (χ4n) is 2.63. The van der Waals surface area contributed by atoms with Crippen LogP contribution in [0.15, 0.2) is 12.2 Å². The van der Waals surface area contributed by atoms with Gasteiger partial charge >= 0.3 is 0 Å². The molecule has 0 aromatic heterocycles. The van der Waals surface area contributed by atoms with E-state index in [2.05, 4.69) is 26.0 Å². The monoisotopic (exact) mass is 266 g/mol. The summed E-state index contributed by atoms with van der Waals surface area (Å²) in [6.45, 7) is 4.53. The zero-order chi connectivity index (χ0) is 13.8. The summed E-state index contributed by atoms with van der Waals surface area (Å²) in [5.41, 5.74) is 0. The number of hydrogen-bond donors (Lipinski definition) is 0. The maximum Gasteiger partial charge on any atom is 0.0876 e. The fourth-order valence-corrected chi connectivity index (χ4v) is 2.63. The minimum Gasteiger partial charge on any atom is -0.369 e. The molecule has 2 unspecified atom stereocenters. The number of ether oxygens (including phenoxy) is 1. The molecule has 0 saturated carbocycles. The van der Waals surface area contributed by atoms with Gasteiger partial charge in [-0.05, 0) is 25.7 Å². The zero-order valence-electron chi connectivity index (χ0n) is 13.2. The lowest BCUT2D eigenvalue weighted by molar-refractivity contribution is 0.358. The highest BCUT2D eigenvalue weighted by Crippen LogP contribution is 2.30. The number of hydrogen-bond acceptors (Lipinski definition) is 1. The van der Waals surface area contributed by atoms with Crippen LogP contribution in [0.2, 0.25) is 0 Å². The van der Waals surface area contributed by atoms with Crippen molar-refractivity contribution in [3.05, 3.63) is 12.2 Å². The molecule has 112 valence electrons. The van der Waals surface area contributed by atoms with E-state index < -0.39 is 0 Å². The van der Waals surface area contributed by atoms with Gasteiger partial charge in [-0.25, -0.2) is 0 Å². The Morgan fingerprint density at radius 2 is 1.42 bits per heavy atom. The molecule has 1 aliphatic rings. The van der Waals surface area contributed by atoms with Crippen LogP contribution in [0.5, 0.6) is 0 Å². The van der Waals surface area contributed by atoms with Gasteiger partial charge in [0.2, 0.25) is 0 Å². The molecule has 0 aliphatic carbocycles. The molecule has 0 amide bonds. The molecular weight excluding hydrogens is 232 g/mol. The molecule has 1 aliphatic heterocycles. The Kier molecular flexibility index (Phi) is 10.2. The average Bonchev–Trinajstić information content (AvgIpc) is 3.16. The molecule has 0 radical (unpaired) electrons. The van der Waals surface area contributed by atoms with E-state index in [0.717, 1.165) is 6.42 Å². The fraction of sp³-hybridized carbons (Fsp3) is 0.889. The van der Waals surface area contributed by atoms with Crippen molar-refractivity contribution in [3.63, 3.8) is 0 Å². The predicted octanol–water partition coefficient (Wildman–Crippen LogP) is 6.03. The van der Waals surface area contributed by atoms with E-state index >= 15 is 0 Å². The average molecular weight is 266 g/mol. The van der Waals surface area contributed by atoms with Gasteiger partial charge in [-0.1, -0.05) is 77.4 Å². The lowest BCUT2D eigenvalue weighted by Gasteiger charge is -1.98. The molecule has 1 fully saturated rings. The van der Waals surface area contributed by atoms with Crippen LogP contribution < -0.4 is 0 Å². The molecule has 1 heteroatoms. The Morgan fingerprint density at radius 3 is 2.21 bits per heavy atom. The van der Waals surface area contributed by atoms with Crippen molar-refractivity contribution in [2.24, 2.45) is 0 Å². The van der Waals surface area contributed by atoms with Crippen LogP contribution in [0.1, 0.15) is 90.9 Å². The largest absolute Gasteiger partial charge is 0.369 e. The standard InChI is InChI=1S/C18H34O/c1-3-5-7-9-11-13-15-17-18(19-17)16-14-12-10-8-6-4-2/h11,13,17-18H,3-10,12,14-16H2,1-2H3/b13-11+. The second-order valence-corrected chi connectivity index (χ2v) is 5.97. The van der Waals surface area contributed by atoms with Crippen molar-refractivity contribution in [2.45, 2.75) is 103 Å². The molecule has 1 heterocycles. The number of rotatable bonds is 13. The highest BCUT2D eigenvalue weighted by molar-refractivity contribution is 4.93. The van der Waals surface area contributed by atoms with Crippen LogP contribution in [0.4, 0.5) is 0 Å². The molecular formula is C18H34O. The zero-order valence-corrected chi connectivity index (χ0v) is 13.2. The first-order valence-corrected chi connectivity index (χ1v) is 8.69. The number of unbranched alkanes of at least 4 members (excludes halogenated alkanes) is 8. The van der Waals surface area contributed by atoms with E-state index in [9.17, 15) is 0 Å². The molecule has 0 aromatic rings. The summed E-state index contributed by atoms with van der Waals surface area (Å²) < 4.78 is 5.72. The van der Waals surface area contributed by atoms with E-state index in [1.54, 1.807) is 0 Å². The van der Waals surface area contributed by atoms with Crippen LogP contribution in [0.25, 0.3) is 0 Å². The van der Waals surface area contributed by atoms with Crippen LogP contribution >= 0.6 is 0 Å². The molecule has 0 aromatic carbocycles. The molecule has 0 spiro atoms. The quantitative estimate of drug-likeness (QED) is 0.225. The third-order valence-electron chi connectivity index (χ3n) is 4.04. The normalized spacial score (nSPS) is 22.2. The van der Waals surface area contributed by atoms with Gasteiger partial charge in [0.15, 0.2) is 0 Å². The molecule has 2 atom stereocenters. The van der Waals surface area contributed by atoms with Crippen LogP contribution in [0.3, 0.4) is 0 Å². The topological polar surface area (TPSA) is 12.5 Å². The molecule has 0 bridgehead atoms. The second kappa shape index (κ2) is 11.5. The van der Waals surface area contributed by atoms with Gasteiger partial charge in [-0.3, -0.25) is 0 Å². The molecule has 1 nitrogen and oxygen atoms in total. The Labute approximate surface area is 120 Å². The van der Waals surface area contributed by atoms with Crippen molar-refractivity contribution in [2.75, 3.05) is 0 Å². The van der Waals surface area contributed by atoms with E-state index in [1.807, 2.05) is 0 Å². The van der Waals surface area contributed by atoms with Crippen molar-refractivity contribution < 1.29 is 4.74 Å². The van der Waals surface area contributed by atoms with Gasteiger partial charge in [0, 0.05) is 0 Å². The summed E-state index contributed by atoms with van der Waals surface area (Å²) in [6, 6.07) is 0. The van der Waals surface area contributed by atoms with E-state index in [4.69, 9.17) is 4.74 Å². The van der Waals surface area contributed by atoms with Gasteiger partial charge < -0.3 is 4.74 Å². The predicted molar refractivity (Wildman–Crippen MR) is 84.6 cm³/mol. The molecule has 19 heavy (non-hydrogen) atoms. The minimum atomic E-state index is 0.554. The van der Waals surface area contributed by atoms with E-state index in [1.165, 1.54) is 70.6 Å². The number of epoxide rings is 1. The number of allylic oxidation sites excluding steroid dienone is 1. The third-order valence-corrected chi connectivity index (χ3v) is 4.04. The van der Waals surface area contributed by atoms with Crippen molar-refractivity contribution in [1.82, 2.24) is 0 Å². The first-order chi connectivity index (χ1) is 9.38. The summed E-state index contributed by atoms with van der Waals surface area (Å²) >= 11 is 0. The van der Waals surface area contributed by atoms with Crippen LogP contribution in [-0.2, 0) is 4.74 Å². The highest BCUT2D eigenvalue weighted by Gasteiger charge is 2.36. The van der Waals surface area contributed by atoms with Gasteiger partial charge in [0.05, 0.1) is 12.2 Å². The maximum atomic E-state index is 5.72. The maximum absolute atomic E-state index is 5.72. The summed E-state index contributed by atoms with van der Waals surface area (Å²) in [7, 11) is 0. The van der Waals surface area contributed by atoms with Gasteiger partial charge in [0.25, 0.3) is 0 Å². The lowest BCUT2D eigenvalue weighted by Crippen LogP contribution is -1.92. The summed E-state index contributed by atoms with van der Waals surface area (Å²) in [6.07, 6.45) is 21.9. The summed E-state index contributed by atoms with van der Waals surface area (Å²) in [4.78, 5) is 0. The Balaban J connectivity index is 1.83. The Hall–Kier alpha value is -0.300. The molecule has 0 N–H and O–H groups in total. The van der Waals surface area contributed by atoms with Crippen molar-refractivity contribution >= 4 is 0 Å². The lowest BCUT2D eigenvalue weighted by atomic mass is 10.1. The third kappa shape index (κ3) is 9.27. The van der Waals surface area contributed by atoms with Gasteiger partial charge in [-0.15, -0.1) is 0 Å². The highest BCUT2D eigenvalue weighted by atomic mass is 16.6. The SMILES string of the molecule is CCCCC/C=C/CC1OC1CCCCCCCC. The molecule has 1 rings (SSSR count). The van der Waals surface area contributed by atoms with Gasteiger partial charge in [-0.2, -0.15) is 0 Å². The van der Waals surface area contributed by atoms with Crippen molar-refractivity contribution in [1.29, 1.82) is 0 Å². The van der Waals surface area contributed by atoms with Gasteiger partial charge in [0.1, 0.15) is 0 Å². The van der Waals surface area contributed by atoms with Crippen LogP contribution in [-0.4, -0.2) is 12.2 Å². The first-order valence-electron chi connectivity index (χ1n) is 8.69. The Bertz CT molecular complexity index is 222.